The largest absolute Gasteiger partial charge is 0.465 e. The van der Waals surface area contributed by atoms with Crippen LogP contribution in [0.15, 0.2) is 16.9 Å². The second-order valence-electron chi connectivity index (χ2n) is 4.40. The van der Waals surface area contributed by atoms with E-state index in [-0.39, 0.29) is 5.56 Å². The summed E-state index contributed by atoms with van der Waals surface area (Å²) in [6.45, 7) is 1.91. The molecule has 0 radical (unpaired) electrons. The number of carboxylic acid groups (broad SMARTS) is 1. The normalized spacial score (nSPS) is 16.6. The van der Waals surface area contributed by atoms with Gasteiger partial charge >= 0.3 is 6.09 Å². The van der Waals surface area contributed by atoms with Crippen LogP contribution in [0.1, 0.15) is 12.8 Å². The van der Waals surface area contributed by atoms with E-state index in [1.807, 2.05) is 0 Å². The van der Waals surface area contributed by atoms with Gasteiger partial charge in [-0.05, 0) is 24.8 Å². The first-order valence-electron chi connectivity index (χ1n) is 5.92. The maximum atomic E-state index is 10.8. The molecule has 7 nitrogen and oxygen atoms in total. The van der Waals surface area contributed by atoms with Crippen molar-refractivity contribution in [2.24, 2.45) is 5.92 Å². The van der Waals surface area contributed by atoms with Crippen LogP contribution in [-0.4, -0.2) is 45.9 Å². The molecule has 1 aromatic rings. The van der Waals surface area contributed by atoms with Crippen LogP contribution in [0.4, 0.5) is 10.6 Å². The van der Waals surface area contributed by atoms with E-state index in [0.717, 1.165) is 19.4 Å². The van der Waals surface area contributed by atoms with E-state index in [1.165, 1.54) is 11.0 Å². The summed E-state index contributed by atoms with van der Waals surface area (Å²) in [4.78, 5) is 23.0. The van der Waals surface area contributed by atoms with Crippen molar-refractivity contribution in [3.63, 3.8) is 0 Å². The molecule has 0 atom stereocenters. The molecular weight excluding hydrogens is 236 g/mol. The van der Waals surface area contributed by atoms with Crippen LogP contribution in [0.5, 0.6) is 0 Å². The number of hydrogen-bond acceptors (Lipinski definition) is 4. The van der Waals surface area contributed by atoms with Gasteiger partial charge in [-0.25, -0.2) is 9.89 Å². The van der Waals surface area contributed by atoms with Gasteiger partial charge in [0.05, 0.1) is 0 Å². The molecule has 0 bridgehead atoms. The quantitative estimate of drug-likeness (QED) is 0.730. The number of nitrogens with one attached hydrogen (secondary N) is 2. The average molecular weight is 252 g/mol. The highest BCUT2D eigenvalue weighted by Crippen LogP contribution is 2.17. The monoisotopic (exact) mass is 252 g/mol. The second-order valence-corrected chi connectivity index (χ2v) is 4.40. The molecule has 0 aromatic carbocycles. The van der Waals surface area contributed by atoms with E-state index in [0.29, 0.717) is 24.8 Å². The van der Waals surface area contributed by atoms with Gasteiger partial charge in [0.1, 0.15) is 5.82 Å². The smallest absolute Gasteiger partial charge is 0.407 e. The van der Waals surface area contributed by atoms with Crippen LogP contribution in [0.3, 0.4) is 0 Å². The van der Waals surface area contributed by atoms with Crippen molar-refractivity contribution in [3.05, 3.63) is 22.5 Å². The molecule has 1 saturated heterocycles. The fourth-order valence-corrected chi connectivity index (χ4v) is 2.02. The molecule has 3 N–H and O–H groups in total. The van der Waals surface area contributed by atoms with Gasteiger partial charge in [-0.1, -0.05) is 0 Å². The average Bonchev–Trinajstić information content (AvgIpc) is 2.38. The minimum atomic E-state index is -0.844. The maximum absolute atomic E-state index is 10.8. The number of aromatic amines is 1. The van der Waals surface area contributed by atoms with E-state index in [2.05, 4.69) is 15.5 Å². The predicted octanol–water partition coefficient (Wildman–Crippen LogP) is 0.572. The van der Waals surface area contributed by atoms with E-state index in [9.17, 15) is 9.59 Å². The third-order valence-electron chi connectivity index (χ3n) is 3.14. The lowest BCUT2D eigenvalue weighted by Gasteiger charge is -2.30. The van der Waals surface area contributed by atoms with Crippen LogP contribution in [0.2, 0.25) is 0 Å². The molecule has 98 valence electrons. The summed E-state index contributed by atoms with van der Waals surface area (Å²) in [6, 6.07) is 3.05. The third kappa shape index (κ3) is 3.22. The Morgan fingerprint density at radius 1 is 1.50 bits per heavy atom. The van der Waals surface area contributed by atoms with Gasteiger partial charge < -0.3 is 15.3 Å². The van der Waals surface area contributed by atoms with Gasteiger partial charge in [-0.2, -0.15) is 5.10 Å². The lowest BCUT2D eigenvalue weighted by Crippen LogP contribution is -2.39. The number of piperidine rings is 1. The Morgan fingerprint density at radius 2 is 2.22 bits per heavy atom. The molecule has 1 amide bonds. The maximum Gasteiger partial charge on any atom is 0.407 e. The van der Waals surface area contributed by atoms with E-state index >= 15 is 0 Å². The van der Waals surface area contributed by atoms with Crippen molar-refractivity contribution in [1.29, 1.82) is 0 Å². The van der Waals surface area contributed by atoms with Crippen molar-refractivity contribution in [3.8, 4) is 0 Å². The Balaban J connectivity index is 1.77. The van der Waals surface area contributed by atoms with Crippen LogP contribution >= 0.6 is 0 Å². The lowest BCUT2D eigenvalue weighted by molar-refractivity contribution is 0.126. The van der Waals surface area contributed by atoms with Gasteiger partial charge in [-0.3, -0.25) is 4.79 Å². The van der Waals surface area contributed by atoms with Crippen LogP contribution < -0.4 is 10.9 Å². The summed E-state index contributed by atoms with van der Waals surface area (Å²) < 4.78 is 0. The highest BCUT2D eigenvalue weighted by Gasteiger charge is 2.21. The molecular formula is C11H16N4O3. The summed E-state index contributed by atoms with van der Waals surface area (Å²) in [7, 11) is 0. The Labute approximate surface area is 104 Å². The van der Waals surface area contributed by atoms with Crippen molar-refractivity contribution in [1.82, 2.24) is 15.1 Å². The summed E-state index contributed by atoms with van der Waals surface area (Å²) in [6.07, 6.45) is 0.856. The Morgan fingerprint density at radius 3 is 2.78 bits per heavy atom. The van der Waals surface area contributed by atoms with Crippen molar-refractivity contribution < 1.29 is 9.90 Å². The van der Waals surface area contributed by atoms with Gasteiger partial charge in [0, 0.05) is 25.7 Å². The van der Waals surface area contributed by atoms with E-state index < -0.39 is 6.09 Å². The van der Waals surface area contributed by atoms with Crippen LogP contribution in [0, 0.1) is 5.92 Å². The summed E-state index contributed by atoms with van der Waals surface area (Å²) in [5.74, 6) is 1.07. The fraction of sp³-hybridized carbons (Fsp3) is 0.545. The first-order valence-corrected chi connectivity index (χ1v) is 5.92. The topological polar surface area (TPSA) is 98.3 Å². The predicted molar refractivity (Wildman–Crippen MR) is 65.7 cm³/mol. The van der Waals surface area contributed by atoms with Crippen molar-refractivity contribution in [2.45, 2.75) is 12.8 Å². The number of amides is 1. The SMILES string of the molecule is O=C(O)N1CCC(CNc2ccc(=O)[nH]n2)CC1. The Hall–Kier alpha value is -2.05. The zero-order chi connectivity index (χ0) is 13.0. The van der Waals surface area contributed by atoms with E-state index in [1.54, 1.807) is 6.07 Å². The number of likely N-dealkylation sites (tertiary alicyclic amines) is 1. The number of H-pyrrole nitrogens is 1. The zero-order valence-corrected chi connectivity index (χ0v) is 9.93. The highest BCUT2D eigenvalue weighted by molar-refractivity contribution is 5.64. The molecule has 18 heavy (non-hydrogen) atoms. The van der Waals surface area contributed by atoms with Gasteiger partial charge in [-0.15, -0.1) is 0 Å². The second kappa shape index (κ2) is 5.52. The minimum Gasteiger partial charge on any atom is -0.465 e. The number of aromatic nitrogens is 2. The molecule has 0 spiro atoms. The molecule has 2 rings (SSSR count). The van der Waals surface area contributed by atoms with Gasteiger partial charge in [0.15, 0.2) is 0 Å². The number of anilines is 1. The minimum absolute atomic E-state index is 0.227. The zero-order valence-electron chi connectivity index (χ0n) is 9.93. The van der Waals surface area contributed by atoms with Crippen LogP contribution in [-0.2, 0) is 0 Å². The summed E-state index contributed by atoms with van der Waals surface area (Å²) >= 11 is 0. The van der Waals surface area contributed by atoms with Crippen molar-refractivity contribution >= 4 is 11.9 Å². The Bertz CT molecular complexity index is 445. The standard InChI is InChI=1S/C11H16N4O3/c16-10-2-1-9(13-14-10)12-7-8-3-5-15(6-4-8)11(17)18/h1-2,8H,3-7H2,(H,12,13)(H,14,16)(H,17,18). The third-order valence-corrected chi connectivity index (χ3v) is 3.14. The lowest BCUT2D eigenvalue weighted by atomic mass is 9.97. The fourth-order valence-electron chi connectivity index (χ4n) is 2.02. The molecule has 0 aliphatic carbocycles. The number of carbonyl (C=O) groups is 1. The molecule has 0 unspecified atom stereocenters. The van der Waals surface area contributed by atoms with Crippen LogP contribution in [0.25, 0.3) is 0 Å². The van der Waals surface area contributed by atoms with Gasteiger partial charge in [0.2, 0.25) is 0 Å². The summed E-state index contributed by atoms with van der Waals surface area (Å²) in [5, 5.41) is 18.2. The number of rotatable bonds is 3. The number of hydrogen-bond donors (Lipinski definition) is 3. The number of nitrogens with zero attached hydrogens (tertiary/aromatic N) is 2. The molecule has 1 aliphatic rings. The molecule has 2 heterocycles. The molecule has 1 aliphatic heterocycles. The molecule has 1 fully saturated rings. The van der Waals surface area contributed by atoms with Gasteiger partial charge in [0.25, 0.3) is 5.56 Å². The summed E-state index contributed by atoms with van der Waals surface area (Å²) in [5.41, 5.74) is -0.227. The van der Waals surface area contributed by atoms with Crippen molar-refractivity contribution in [2.75, 3.05) is 25.0 Å². The first kappa shape index (κ1) is 12.4. The molecule has 7 heteroatoms. The first-order chi connectivity index (χ1) is 8.65. The molecule has 0 saturated carbocycles. The van der Waals surface area contributed by atoms with E-state index in [4.69, 9.17) is 5.11 Å². The Kier molecular flexibility index (Phi) is 3.81. The molecule has 1 aromatic heterocycles. The highest BCUT2D eigenvalue weighted by atomic mass is 16.4.